The number of aliphatic hydroxyl groups excluding tert-OH is 1. The van der Waals surface area contributed by atoms with Crippen LogP contribution in [0, 0.1) is 24.7 Å². The number of carbonyl (C=O) groups excluding carboxylic acids is 3. The van der Waals surface area contributed by atoms with Crippen LogP contribution < -0.4 is 10.1 Å². The van der Waals surface area contributed by atoms with Crippen LogP contribution >= 0.6 is 22.9 Å². The van der Waals surface area contributed by atoms with Crippen molar-refractivity contribution in [1.29, 1.82) is 0 Å². The molecule has 0 spiro atoms. The molecule has 282 valence electrons. The summed E-state index contributed by atoms with van der Waals surface area (Å²) in [5, 5.41) is 13.7. The van der Waals surface area contributed by atoms with Crippen molar-refractivity contribution in [2.24, 2.45) is 17.8 Å². The highest BCUT2D eigenvalue weighted by molar-refractivity contribution is 7.13. The molecular formula is C40H52ClN3O7S. The van der Waals surface area contributed by atoms with Gasteiger partial charge in [-0.2, -0.15) is 0 Å². The number of aliphatic hydroxyl groups is 1. The number of ketones is 1. The van der Waals surface area contributed by atoms with Gasteiger partial charge in [0.25, 0.3) is 5.91 Å². The molecule has 0 saturated heterocycles. The van der Waals surface area contributed by atoms with Gasteiger partial charge in [0.2, 0.25) is 5.91 Å². The second-order valence-corrected chi connectivity index (χ2v) is 15.2. The fourth-order valence-corrected chi connectivity index (χ4v) is 8.22. The van der Waals surface area contributed by atoms with Gasteiger partial charge in [-0.3, -0.25) is 14.4 Å². The largest absolute Gasteiger partial charge is 0.491 e. The molecule has 3 aromatic rings. The SMILES string of the molecule is Cc1ncsc1-c1ccc(CNC(=O)[C@@H]2C[C@@H](O)CC2C(=O)[C@H](C(C)C)N2Cc3ccccc3C2=O)c(OCCOCCOCCCCCCCl)c1. The number of ether oxygens (including phenoxy) is 3. The average molecular weight is 754 g/mol. The molecule has 2 N–H and O–H groups in total. The predicted molar refractivity (Wildman–Crippen MR) is 203 cm³/mol. The fourth-order valence-electron chi connectivity index (χ4n) is 7.23. The summed E-state index contributed by atoms with van der Waals surface area (Å²) in [6, 6.07) is 12.6. The van der Waals surface area contributed by atoms with Crippen LogP contribution in [0.15, 0.2) is 48.0 Å². The first-order valence-corrected chi connectivity index (χ1v) is 19.9. The van der Waals surface area contributed by atoms with E-state index < -0.39 is 24.0 Å². The van der Waals surface area contributed by atoms with Crippen LogP contribution in [0.3, 0.4) is 0 Å². The summed E-state index contributed by atoms with van der Waals surface area (Å²) in [4.78, 5) is 48.4. The fraction of sp³-hybridized carbons (Fsp3) is 0.550. The number of hydrogen-bond acceptors (Lipinski definition) is 9. The van der Waals surface area contributed by atoms with Gasteiger partial charge in [0.05, 0.1) is 54.0 Å². The molecule has 52 heavy (non-hydrogen) atoms. The topological polar surface area (TPSA) is 127 Å². The minimum absolute atomic E-state index is 0.166. The van der Waals surface area contributed by atoms with Crippen molar-refractivity contribution in [2.75, 3.05) is 38.9 Å². The molecule has 1 aromatic heterocycles. The molecule has 1 unspecified atom stereocenters. The van der Waals surface area contributed by atoms with E-state index >= 15 is 0 Å². The minimum atomic E-state index is -0.781. The van der Waals surface area contributed by atoms with Gasteiger partial charge in [0, 0.05) is 42.6 Å². The zero-order valence-electron chi connectivity index (χ0n) is 30.5. The van der Waals surface area contributed by atoms with E-state index in [1.807, 2.05) is 62.7 Å². The highest BCUT2D eigenvalue weighted by Crippen LogP contribution is 2.38. The Bertz CT molecular complexity index is 1650. The first kappa shape index (κ1) is 39.8. The quantitative estimate of drug-likeness (QED) is 0.0923. The number of carbonyl (C=O) groups is 3. The van der Waals surface area contributed by atoms with Crippen LogP contribution in [-0.4, -0.2) is 83.6 Å². The Morgan fingerprint density at radius 3 is 2.46 bits per heavy atom. The number of thiazole rings is 1. The number of nitrogens with one attached hydrogen (secondary N) is 1. The maximum Gasteiger partial charge on any atom is 0.255 e. The summed E-state index contributed by atoms with van der Waals surface area (Å²) in [5.41, 5.74) is 5.98. The molecule has 1 fully saturated rings. The number of alkyl halides is 1. The first-order valence-electron chi connectivity index (χ1n) is 18.5. The van der Waals surface area contributed by atoms with Gasteiger partial charge in [-0.05, 0) is 61.8 Å². The van der Waals surface area contributed by atoms with Gasteiger partial charge in [0.1, 0.15) is 12.4 Å². The number of hydrogen-bond donors (Lipinski definition) is 2. The molecule has 1 aliphatic heterocycles. The van der Waals surface area contributed by atoms with Crippen LogP contribution in [0.5, 0.6) is 5.75 Å². The van der Waals surface area contributed by atoms with Crippen LogP contribution in [0.25, 0.3) is 10.4 Å². The lowest BCUT2D eigenvalue weighted by atomic mass is 9.83. The monoisotopic (exact) mass is 753 g/mol. The van der Waals surface area contributed by atoms with Gasteiger partial charge in [-0.1, -0.05) is 57.0 Å². The van der Waals surface area contributed by atoms with E-state index in [1.54, 1.807) is 22.3 Å². The summed E-state index contributed by atoms with van der Waals surface area (Å²) in [6.45, 7) is 8.72. The Morgan fingerprint density at radius 1 is 1.00 bits per heavy atom. The average Bonchev–Trinajstić information content (AvgIpc) is 3.84. The zero-order chi connectivity index (χ0) is 37.0. The number of fused-ring (bicyclic) bond motifs is 1. The van der Waals surface area contributed by atoms with Crippen LogP contribution in [0.1, 0.15) is 79.6 Å². The molecule has 2 amide bonds. The zero-order valence-corrected chi connectivity index (χ0v) is 32.1. The molecule has 10 nitrogen and oxygen atoms in total. The second kappa shape index (κ2) is 19.6. The third-order valence-corrected chi connectivity index (χ3v) is 11.2. The molecule has 5 rings (SSSR count). The van der Waals surface area contributed by atoms with E-state index in [1.165, 1.54) is 0 Å². The molecule has 0 bridgehead atoms. The van der Waals surface area contributed by atoms with Gasteiger partial charge >= 0.3 is 0 Å². The summed E-state index contributed by atoms with van der Waals surface area (Å²) in [6.07, 6.45) is 3.87. The van der Waals surface area contributed by atoms with Crippen molar-refractivity contribution >= 4 is 40.5 Å². The maximum absolute atomic E-state index is 14.2. The third kappa shape index (κ3) is 10.2. The smallest absolute Gasteiger partial charge is 0.255 e. The van der Waals surface area contributed by atoms with E-state index in [0.717, 1.165) is 52.9 Å². The summed E-state index contributed by atoms with van der Waals surface area (Å²) >= 11 is 7.28. The molecule has 2 aliphatic rings. The van der Waals surface area contributed by atoms with Crippen molar-refractivity contribution in [1.82, 2.24) is 15.2 Å². The third-order valence-electron chi connectivity index (χ3n) is 9.91. The molecule has 1 saturated carbocycles. The van der Waals surface area contributed by atoms with Crippen molar-refractivity contribution in [3.8, 4) is 16.2 Å². The maximum atomic E-state index is 14.2. The van der Waals surface area contributed by atoms with Crippen molar-refractivity contribution < 1.29 is 33.7 Å². The Morgan fingerprint density at radius 2 is 1.73 bits per heavy atom. The minimum Gasteiger partial charge on any atom is -0.491 e. The standard InChI is InChI=1S/C40H52ClN3O7S/c1-26(2)36(44-24-30-10-6-7-11-32(30)40(44)48)37(46)33-21-31(45)22-34(33)39(47)42-23-29-13-12-28(38-27(3)43-25-52-38)20-35(29)51-19-18-50-17-16-49-15-9-5-4-8-14-41/h6-7,10-13,20,25-26,31,33-34,36,45H,4-5,8-9,14-19,21-24H2,1-3H3,(H,42,47)/t31-,33?,34+,36-/m0/s1. The number of halogens is 1. The number of aryl methyl sites for hydroxylation is 1. The summed E-state index contributed by atoms with van der Waals surface area (Å²) in [7, 11) is 0. The highest BCUT2D eigenvalue weighted by atomic mass is 35.5. The predicted octanol–water partition coefficient (Wildman–Crippen LogP) is 6.58. The van der Waals surface area contributed by atoms with Crippen molar-refractivity contribution in [3.63, 3.8) is 0 Å². The lowest BCUT2D eigenvalue weighted by Gasteiger charge is -2.33. The number of Topliss-reactive ketones (excluding diaryl/α,β-unsaturated/α-hetero) is 1. The molecule has 2 heterocycles. The first-order chi connectivity index (χ1) is 25.2. The van der Waals surface area contributed by atoms with Gasteiger partial charge in [-0.15, -0.1) is 22.9 Å². The highest BCUT2D eigenvalue weighted by Gasteiger charge is 2.47. The number of rotatable bonds is 21. The van der Waals surface area contributed by atoms with Gasteiger partial charge in [-0.25, -0.2) is 4.98 Å². The van der Waals surface area contributed by atoms with Crippen LogP contribution in [0.2, 0.25) is 0 Å². The molecule has 12 heteroatoms. The number of benzene rings is 2. The Hall–Kier alpha value is -3.35. The summed E-state index contributed by atoms with van der Waals surface area (Å²) < 4.78 is 17.6. The number of unbranched alkanes of at least 4 members (excludes halogenated alkanes) is 3. The number of amides is 2. The second-order valence-electron chi connectivity index (χ2n) is 14.0. The summed E-state index contributed by atoms with van der Waals surface area (Å²) in [5.74, 6) is -0.908. The van der Waals surface area contributed by atoms with E-state index in [2.05, 4.69) is 10.3 Å². The Labute approximate surface area is 316 Å². The molecule has 1 aliphatic carbocycles. The molecule has 2 aromatic carbocycles. The number of aromatic nitrogens is 1. The Kier molecular flexibility index (Phi) is 15.1. The molecule has 0 radical (unpaired) electrons. The van der Waals surface area contributed by atoms with E-state index in [0.29, 0.717) is 56.8 Å². The number of nitrogens with zero attached hydrogens (tertiary/aromatic N) is 2. The normalized spacial score (nSPS) is 18.9. The van der Waals surface area contributed by atoms with Gasteiger partial charge < -0.3 is 29.5 Å². The lowest BCUT2D eigenvalue weighted by molar-refractivity contribution is -0.136. The van der Waals surface area contributed by atoms with E-state index in [4.69, 9.17) is 25.8 Å². The molecular weight excluding hydrogens is 702 g/mol. The van der Waals surface area contributed by atoms with Crippen LogP contribution in [0.4, 0.5) is 0 Å². The lowest BCUT2D eigenvalue weighted by Crippen LogP contribution is -2.49. The van der Waals surface area contributed by atoms with Crippen molar-refractivity contribution in [2.45, 2.75) is 84.5 Å². The Balaban J connectivity index is 1.19. The van der Waals surface area contributed by atoms with Gasteiger partial charge in [0.15, 0.2) is 5.78 Å². The van der Waals surface area contributed by atoms with E-state index in [9.17, 15) is 19.5 Å². The molecule has 4 atom stereocenters. The van der Waals surface area contributed by atoms with Crippen LogP contribution in [-0.2, 0) is 32.2 Å². The van der Waals surface area contributed by atoms with Crippen molar-refractivity contribution in [3.05, 3.63) is 70.4 Å². The van der Waals surface area contributed by atoms with E-state index in [-0.39, 0.29) is 42.9 Å².